The van der Waals surface area contributed by atoms with Crippen molar-refractivity contribution in [2.45, 2.75) is 94.4 Å². The molecule has 3 atom stereocenters. The quantitative estimate of drug-likeness (QED) is 0.154. The number of hydrogen-bond acceptors (Lipinski definition) is 0. The van der Waals surface area contributed by atoms with E-state index in [9.17, 15) is 39.5 Å². The molecule has 0 bridgehead atoms. The van der Waals surface area contributed by atoms with E-state index in [4.69, 9.17) is 0 Å². The molecule has 6 aliphatic rings. The number of rotatable bonds is 3. The van der Waals surface area contributed by atoms with Crippen LogP contribution in [0.5, 0.6) is 0 Å². The van der Waals surface area contributed by atoms with E-state index >= 15 is 0 Å². The molecule has 3 heterocycles. The van der Waals surface area contributed by atoms with Gasteiger partial charge in [-0.3, -0.25) is 17.2 Å². The SMILES string of the molecule is FC(F)(F)[C-]1C=C=C(C2CCCC[N-]2)C=C1.FC(F)(F)[C-]1C=C=C(C2CCCC[N-]2)C=C1.FC(F)(F)[C-]1C=C=C(C2CCCC[N-]2)C=C1.[Ir]. The monoisotopic (exact) mass is 874 g/mol. The minimum Gasteiger partial charge on any atom is -0.657 e. The molecule has 0 N–H and O–H groups in total. The molecule has 3 unspecified atom stereocenters. The van der Waals surface area contributed by atoms with Gasteiger partial charge in [-0.05, 0) is 17.8 Å². The van der Waals surface area contributed by atoms with Gasteiger partial charge in [0.25, 0.3) is 0 Å². The van der Waals surface area contributed by atoms with E-state index in [-0.39, 0.29) is 38.2 Å². The zero-order chi connectivity index (χ0) is 34.8. The minimum absolute atomic E-state index is 0. The molecular formula is C36H36F9IrN3-6. The Morgan fingerprint density at radius 2 is 0.735 bits per heavy atom. The third-order valence-electron chi connectivity index (χ3n) is 8.27. The van der Waals surface area contributed by atoms with Crippen LogP contribution < -0.4 is 0 Å². The van der Waals surface area contributed by atoms with E-state index in [1.165, 1.54) is 18.2 Å². The van der Waals surface area contributed by atoms with Gasteiger partial charge in [-0.25, -0.2) is 0 Å². The number of piperidine rings is 3. The first-order chi connectivity index (χ1) is 22.7. The Bertz CT molecular complexity index is 1200. The van der Waals surface area contributed by atoms with E-state index in [2.05, 4.69) is 33.1 Å². The van der Waals surface area contributed by atoms with Gasteiger partial charge < -0.3 is 16.0 Å². The first kappa shape index (κ1) is 40.7. The van der Waals surface area contributed by atoms with Gasteiger partial charge in [0.1, 0.15) is 0 Å². The molecule has 13 heteroatoms. The van der Waals surface area contributed by atoms with E-state index in [1.807, 2.05) is 0 Å². The maximum Gasteiger partial charge on any atom is 0.370 e. The molecule has 0 amide bonds. The number of halogens is 9. The largest absolute Gasteiger partial charge is 0.657 e. The molecule has 273 valence electrons. The number of allylic oxidation sites excluding steroid dienone is 3. The van der Waals surface area contributed by atoms with Crippen molar-refractivity contribution >= 4 is 0 Å². The second-order valence-corrected chi connectivity index (χ2v) is 11.8. The van der Waals surface area contributed by atoms with Gasteiger partial charge in [-0.1, -0.05) is 57.8 Å². The van der Waals surface area contributed by atoms with Crippen LogP contribution in [0.25, 0.3) is 16.0 Å². The van der Waals surface area contributed by atoms with Gasteiger partial charge in [0.05, 0.1) is 0 Å². The first-order valence-corrected chi connectivity index (χ1v) is 16.0. The van der Waals surface area contributed by atoms with E-state index in [1.54, 1.807) is 0 Å². The average molecular weight is 874 g/mol. The molecule has 3 aliphatic carbocycles. The third kappa shape index (κ3) is 12.8. The van der Waals surface area contributed by atoms with Crippen molar-refractivity contribution < 1.29 is 59.6 Å². The molecule has 3 fully saturated rings. The summed E-state index contributed by atoms with van der Waals surface area (Å²) in [6, 6.07) is 0.114. The number of hydrogen-bond donors (Lipinski definition) is 0. The van der Waals surface area contributed by atoms with Crippen LogP contribution in [-0.4, -0.2) is 56.3 Å². The molecule has 3 aliphatic heterocycles. The van der Waals surface area contributed by atoms with Gasteiger partial charge in [0.2, 0.25) is 0 Å². The Morgan fingerprint density at radius 3 is 0.898 bits per heavy atom. The molecule has 1 radical (unpaired) electrons. The molecule has 3 nitrogen and oxygen atoms in total. The van der Waals surface area contributed by atoms with Gasteiger partial charge in [0.15, 0.2) is 0 Å². The summed E-state index contributed by atoms with van der Waals surface area (Å²) in [5.41, 5.74) is 10.4. The van der Waals surface area contributed by atoms with Crippen molar-refractivity contribution in [3.63, 3.8) is 0 Å². The number of nitrogens with zero attached hydrogens (tertiary/aromatic N) is 3. The van der Waals surface area contributed by atoms with Crippen LogP contribution in [-0.2, 0) is 20.1 Å². The van der Waals surface area contributed by atoms with E-state index in [0.29, 0.717) is 0 Å². The molecule has 3 saturated heterocycles. The van der Waals surface area contributed by atoms with Crippen LogP contribution in [0.4, 0.5) is 39.5 Å². The fraction of sp³-hybridized carbons (Fsp3) is 0.500. The van der Waals surface area contributed by atoms with Crippen LogP contribution >= 0.6 is 0 Å². The zero-order valence-electron chi connectivity index (χ0n) is 26.5. The second-order valence-electron chi connectivity index (χ2n) is 11.8. The Balaban J connectivity index is 0.000000197. The maximum absolute atomic E-state index is 12.3. The molecule has 0 saturated carbocycles. The summed E-state index contributed by atoms with van der Waals surface area (Å²) < 4.78 is 111. The zero-order valence-corrected chi connectivity index (χ0v) is 28.9. The van der Waals surface area contributed by atoms with Crippen molar-refractivity contribution in [2.24, 2.45) is 0 Å². The predicted octanol–water partition coefficient (Wildman–Crippen LogP) is 11.1. The van der Waals surface area contributed by atoms with Crippen LogP contribution in [0.15, 0.2) is 88.6 Å². The fourth-order valence-electron chi connectivity index (χ4n) is 5.59. The summed E-state index contributed by atoms with van der Waals surface area (Å²) in [4.78, 5) is 0. The summed E-state index contributed by atoms with van der Waals surface area (Å²) in [7, 11) is 0. The van der Waals surface area contributed by atoms with Gasteiger partial charge in [0, 0.05) is 20.1 Å². The topological polar surface area (TPSA) is 42.3 Å². The Morgan fingerprint density at radius 1 is 0.469 bits per heavy atom. The molecule has 0 aromatic carbocycles. The van der Waals surface area contributed by atoms with Crippen molar-refractivity contribution in [1.29, 1.82) is 0 Å². The molecule has 0 spiro atoms. The van der Waals surface area contributed by atoms with E-state index < -0.39 is 36.3 Å². The Kier molecular flexibility index (Phi) is 15.4. The van der Waals surface area contributed by atoms with Crippen molar-refractivity contribution in [1.82, 2.24) is 0 Å². The molecule has 49 heavy (non-hydrogen) atoms. The van der Waals surface area contributed by atoms with Crippen LogP contribution in [0.3, 0.4) is 0 Å². The Labute approximate surface area is 295 Å². The standard InChI is InChI=1S/3C12H12F3N.Ir/c3*13-12(14,15)10-6-4-9(5-7-10)11-3-1-2-8-16-11;/h3*4,6-7,11H,1-3,8H2;/q3*-2;. The van der Waals surface area contributed by atoms with Gasteiger partial charge >= 0.3 is 18.5 Å². The first-order valence-electron chi connectivity index (χ1n) is 16.0. The summed E-state index contributed by atoms with van der Waals surface area (Å²) >= 11 is 0. The van der Waals surface area contributed by atoms with E-state index in [0.717, 1.165) is 131 Å². The fourth-order valence-corrected chi connectivity index (χ4v) is 5.59. The van der Waals surface area contributed by atoms with Gasteiger partial charge in [-0.2, -0.15) is 76.0 Å². The summed E-state index contributed by atoms with van der Waals surface area (Å²) in [6.45, 7) is 2.42. The van der Waals surface area contributed by atoms with Crippen LogP contribution in [0, 0.1) is 17.8 Å². The van der Waals surface area contributed by atoms with Crippen molar-refractivity contribution in [3.05, 3.63) is 122 Å². The second kappa shape index (κ2) is 18.5. The predicted molar refractivity (Wildman–Crippen MR) is 168 cm³/mol. The smallest absolute Gasteiger partial charge is 0.370 e. The van der Waals surface area contributed by atoms with Crippen molar-refractivity contribution in [3.8, 4) is 0 Å². The van der Waals surface area contributed by atoms with Gasteiger partial charge in [-0.15, -0.1) is 72.7 Å². The number of alkyl halides is 9. The molecule has 0 aromatic heterocycles. The van der Waals surface area contributed by atoms with Crippen molar-refractivity contribution in [2.75, 3.05) is 19.6 Å². The third-order valence-corrected chi connectivity index (χ3v) is 8.27. The average Bonchev–Trinajstić information content (AvgIpc) is 3.09. The molecule has 6 rings (SSSR count). The molecular weight excluding hydrogens is 838 g/mol. The van der Waals surface area contributed by atoms with Crippen LogP contribution in [0.1, 0.15) is 57.8 Å². The summed E-state index contributed by atoms with van der Waals surface area (Å²) in [6.07, 6.45) is 7.25. The summed E-state index contributed by atoms with van der Waals surface area (Å²) in [5, 5.41) is 13.1. The maximum atomic E-state index is 12.3. The minimum atomic E-state index is -4.28. The molecule has 0 aromatic rings. The normalized spacial score (nSPS) is 25.3. The summed E-state index contributed by atoms with van der Waals surface area (Å²) in [5.74, 6) is -1.94. The van der Waals surface area contributed by atoms with Crippen LogP contribution in [0.2, 0.25) is 0 Å². The Hall–Kier alpha value is -2.71.